The number of anilines is 1. The highest BCUT2D eigenvalue weighted by atomic mass is 16.2. The zero-order chi connectivity index (χ0) is 17.4. The molecule has 1 aromatic heterocycles. The molecule has 0 aliphatic heterocycles. The minimum atomic E-state index is -0.176. The summed E-state index contributed by atoms with van der Waals surface area (Å²) < 4.78 is 0. The van der Waals surface area contributed by atoms with Crippen LogP contribution in [0.15, 0.2) is 42.5 Å². The van der Waals surface area contributed by atoms with Gasteiger partial charge in [-0.25, -0.2) is 9.78 Å². The van der Waals surface area contributed by atoms with Crippen LogP contribution in [0.2, 0.25) is 0 Å². The first-order valence-corrected chi connectivity index (χ1v) is 8.75. The number of aromatic nitrogens is 2. The van der Waals surface area contributed by atoms with E-state index in [0.29, 0.717) is 5.92 Å². The van der Waals surface area contributed by atoms with Crippen molar-refractivity contribution >= 4 is 22.8 Å². The van der Waals surface area contributed by atoms with Gasteiger partial charge in [0.25, 0.3) is 0 Å². The summed E-state index contributed by atoms with van der Waals surface area (Å²) >= 11 is 0. The summed E-state index contributed by atoms with van der Waals surface area (Å²) in [4.78, 5) is 20.2. The molecule has 1 atom stereocenters. The molecule has 3 aromatic rings. The lowest BCUT2D eigenvalue weighted by atomic mass is 10.1. The Bertz CT molecular complexity index is 928. The van der Waals surface area contributed by atoms with E-state index < -0.39 is 0 Å². The van der Waals surface area contributed by atoms with Crippen LogP contribution >= 0.6 is 0 Å². The number of aryl methyl sites for hydroxylation is 1. The lowest BCUT2D eigenvalue weighted by Crippen LogP contribution is -2.31. The van der Waals surface area contributed by atoms with E-state index in [4.69, 9.17) is 0 Å². The van der Waals surface area contributed by atoms with Gasteiger partial charge in [0.1, 0.15) is 5.82 Å². The van der Waals surface area contributed by atoms with E-state index in [-0.39, 0.29) is 12.1 Å². The summed E-state index contributed by atoms with van der Waals surface area (Å²) in [6, 6.07) is 13.9. The first-order valence-electron chi connectivity index (χ1n) is 8.75. The summed E-state index contributed by atoms with van der Waals surface area (Å²) in [5.74, 6) is 1.30. The van der Waals surface area contributed by atoms with E-state index in [1.165, 1.54) is 11.1 Å². The average molecular weight is 334 g/mol. The number of H-pyrrole nitrogens is 1. The highest BCUT2D eigenvalue weighted by Gasteiger charge is 2.23. The highest BCUT2D eigenvalue weighted by Crippen LogP contribution is 2.30. The molecule has 4 rings (SSSR count). The van der Waals surface area contributed by atoms with Crippen LogP contribution in [0.1, 0.15) is 49.2 Å². The summed E-state index contributed by atoms with van der Waals surface area (Å²) in [6.45, 7) is 4.20. The number of amides is 2. The van der Waals surface area contributed by atoms with Gasteiger partial charge in [0, 0.05) is 11.6 Å². The SMILES string of the molecule is CC(C)c1nc2ccc(NC(=O)N[C@@H]3CCc4ccccc43)cc2[nH]1. The number of imidazole rings is 1. The number of fused-ring (bicyclic) bond motifs is 2. The van der Waals surface area contributed by atoms with Crippen LogP contribution in [0.3, 0.4) is 0 Å². The van der Waals surface area contributed by atoms with Gasteiger partial charge >= 0.3 is 6.03 Å². The molecule has 128 valence electrons. The molecule has 0 spiro atoms. The van der Waals surface area contributed by atoms with E-state index in [9.17, 15) is 4.79 Å². The molecular weight excluding hydrogens is 312 g/mol. The second-order valence-corrected chi connectivity index (χ2v) is 6.90. The Morgan fingerprint density at radius 3 is 2.92 bits per heavy atom. The van der Waals surface area contributed by atoms with Crippen molar-refractivity contribution in [3.8, 4) is 0 Å². The van der Waals surface area contributed by atoms with Crippen molar-refractivity contribution in [3.63, 3.8) is 0 Å². The molecule has 0 unspecified atom stereocenters. The standard InChI is InChI=1S/C20H22N4O/c1-12(2)19-22-17-10-8-14(11-18(17)23-19)21-20(25)24-16-9-7-13-5-3-4-6-15(13)16/h3-6,8,10-12,16H,7,9H2,1-2H3,(H,22,23)(H2,21,24,25)/t16-/m1/s1. The molecule has 1 aliphatic rings. The first-order chi connectivity index (χ1) is 12.1. The third-order valence-corrected chi connectivity index (χ3v) is 4.74. The Morgan fingerprint density at radius 1 is 1.24 bits per heavy atom. The van der Waals surface area contributed by atoms with E-state index in [1.807, 2.05) is 30.3 Å². The quantitative estimate of drug-likeness (QED) is 0.660. The topological polar surface area (TPSA) is 69.8 Å². The molecule has 25 heavy (non-hydrogen) atoms. The fourth-order valence-electron chi connectivity index (χ4n) is 3.41. The minimum absolute atomic E-state index is 0.0830. The molecule has 2 aromatic carbocycles. The lowest BCUT2D eigenvalue weighted by Gasteiger charge is -2.15. The number of hydrogen-bond acceptors (Lipinski definition) is 2. The van der Waals surface area contributed by atoms with Crippen molar-refractivity contribution in [2.75, 3.05) is 5.32 Å². The zero-order valence-corrected chi connectivity index (χ0v) is 14.5. The molecule has 0 radical (unpaired) electrons. The zero-order valence-electron chi connectivity index (χ0n) is 14.5. The van der Waals surface area contributed by atoms with Gasteiger partial charge in [-0.1, -0.05) is 38.1 Å². The Kier molecular flexibility index (Phi) is 3.92. The highest BCUT2D eigenvalue weighted by molar-refractivity contribution is 5.92. The molecule has 0 fully saturated rings. The molecule has 3 N–H and O–H groups in total. The van der Waals surface area contributed by atoms with Crippen LogP contribution in [-0.2, 0) is 6.42 Å². The normalized spacial score (nSPS) is 16.2. The van der Waals surface area contributed by atoms with E-state index in [2.05, 4.69) is 46.6 Å². The summed E-state index contributed by atoms with van der Waals surface area (Å²) in [7, 11) is 0. The van der Waals surface area contributed by atoms with Crippen LogP contribution in [-0.4, -0.2) is 16.0 Å². The maximum Gasteiger partial charge on any atom is 0.319 e. The molecule has 5 heteroatoms. The summed E-state index contributed by atoms with van der Waals surface area (Å²) in [5.41, 5.74) is 5.17. The van der Waals surface area contributed by atoms with Crippen LogP contribution in [0, 0.1) is 0 Å². The number of carbonyl (C=O) groups excluding carboxylic acids is 1. The molecule has 0 saturated heterocycles. The fraction of sp³-hybridized carbons (Fsp3) is 0.300. The van der Waals surface area contributed by atoms with Crippen molar-refractivity contribution in [1.82, 2.24) is 15.3 Å². The van der Waals surface area contributed by atoms with Gasteiger partial charge in [0.2, 0.25) is 0 Å². The summed E-state index contributed by atoms with van der Waals surface area (Å²) in [6.07, 6.45) is 1.96. The number of nitrogens with one attached hydrogen (secondary N) is 3. The van der Waals surface area contributed by atoms with Crippen molar-refractivity contribution in [1.29, 1.82) is 0 Å². The number of nitrogens with zero attached hydrogens (tertiary/aromatic N) is 1. The van der Waals surface area contributed by atoms with Crippen molar-refractivity contribution in [2.45, 2.75) is 38.6 Å². The molecule has 1 heterocycles. The summed E-state index contributed by atoms with van der Waals surface area (Å²) in [5, 5.41) is 6.01. The predicted molar refractivity (Wildman–Crippen MR) is 99.8 cm³/mol. The largest absolute Gasteiger partial charge is 0.342 e. The smallest absolute Gasteiger partial charge is 0.319 e. The molecule has 0 bridgehead atoms. The number of urea groups is 1. The van der Waals surface area contributed by atoms with Crippen molar-refractivity contribution < 1.29 is 4.79 Å². The number of hydrogen-bond donors (Lipinski definition) is 3. The predicted octanol–water partition coefficient (Wildman–Crippen LogP) is 4.50. The number of benzene rings is 2. The van der Waals surface area contributed by atoms with Gasteiger partial charge in [-0.2, -0.15) is 0 Å². The second kappa shape index (κ2) is 6.24. The van der Waals surface area contributed by atoms with Gasteiger partial charge in [-0.3, -0.25) is 0 Å². The third kappa shape index (κ3) is 3.09. The molecule has 2 amide bonds. The fourth-order valence-corrected chi connectivity index (χ4v) is 3.41. The minimum Gasteiger partial charge on any atom is -0.342 e. The van der Waals surface area contributed by atoms with Crippen molar-refractivity contribution in [2.24, 2.45) is 0 Å². The first kappa shape index (κ1) is 15.7. The maximum atomic E-state index is 12.4. The molecule has 1 aliphatic carbocycles. The van der Waals surface area contributed by atoms with Gasteiger partial charge in [0.05, 0.1) is 17.1 Å². The molecule has 0 saturated carbocycles. The Morgan fingerprint density at radius 2 is 2.08 bits per heavy atom. The monoisotopic (exact) mass is 334 g/mol. The Balaban J connectivity index is 1.47. The third-order valence-electron chi connectivity index (χ3n) is 4.74. The van der Waals surface area contributed by atoms with Gasteiger partial charge in [-0.05, 0) is 42.2 Å². The van der Waals surface area contributed by atoms with Crippen LogP contribution in [0.4, 0.5) is 10.5 Å². The van der Waals surface area contributed by atoms with Crippen LogP contribution in [0.5, 0.6) is 0 Å². The van der Waals surface area contributed by atoms with Gasteiger partial charge < -0.3 is 15.6 Å². The van der Waals surface area contributed by atoms with Crippen LogP contribution in [0.25, 0.3) is 11.0 Å². The maximum absolute atomic E-state index is 12.4. The van der Waals surface area contributed by atoms with E-state index in [1.54, 1.807) is 0 Å². The average Bonchev–Trinajstić information content (AvgIpc) is 3.19. The second-order valence-electron chi connectivity index (χ2n) is 6.90. The number of rotatable bonds is 3. The molecule has 5 nitrogen and oxygen atoms in total. The number of aromatic amines is 1. The Hall–Kier alpha value is -2.82. The van der Waals surface area contributed by atoms with E-state index >= 15 is 0 Å². The van der Waals surface area contributed by atoms with Gasteiger partial charge in [-0.15, -0.1) is 0 Å². The van der Waals surface area contributed by atoms with Crippen LogP contribution < -0.4 is 10.6 Å². The molecular formula is C20H22N4O. The number of carbonyl (C=O) groups is 1. The van der Waals surface area contributed by atoms with Crippen molar-refractivity contribution in [3.05, 3.63) is 59.4 Å². The lowest BCUT2D eigenvalue weighted by molar-refractivity contribution is 0.248. The Labute approximate surface area is 146 Å². The van der Waals surface area contributed by atoms with Gasteiger partial charge in [0.15, 0.2) is 0 Å². The van der Waals surface area contributed by atoms with E-state index in [0.717, 1.165) is 35.4 Å².